The molecule has 2 aliphatic heterocycles. The molecular formula is C18H25N3O4. The van der Waals surface area contributed by atoms with Gasteiger partial charge in [-0.3, -0.25) is 9.59 Å². The van der Waals surface area contributed by atoms with Crippen LogP contribution in [0, 0.1) is 12.8 Å². The predicted molar refractivity (Wildman–Crippen MR) is 89.0 cm³/mol. The Kier molecular flexibility index (Phi) is 4.06. The van der Waals surface area contributed by atoms with Gasteiger partial charge in [0, 0.05) is 25.7 Å². The fourth-order valence-corrected chi connectivity index (χ4v) is 4.03. The summed E-state index contributed by atoms with van der Waals surface area (Å²) in [5.41, 5.74) is 0.0240. The molecule has 1 aromatic rings. The lowest BCUT2D eigenvalue weighted by Crippen LogP contribution is -2.64. The van der Waals surface area contributed by atoms with E-state index >= 15 is 0 Å². The van der Waals surface area contributed by atoms with Crippen molar-refractivity contribution in [3.05, 3.63) is 17.5 Å². The Hall–Kier alpha value is -1.89. The van der Waals surface area contributed by atoms with Crippen molar-refractivity contribution in [2.75, 3.05) is 26.2 Å². The minimum atomic E-state index is -0.334. The summed E-state index contributed by atoms with van der Waals surface area (Å²) in [6.07, 6.45) is 3.93. The summed E-state index contributed by atoms with van der Waals surface area (Å²) >= 11 is 0. The fraction of sp³-hybridized carbons (Fsp3) is 0.722. The van der Waals surface area contributed by atoms with Crippen LogP contribution in [0.15, 0.2) is 10.6 Å². The lowest BCUT2D eigenvalue weighted by atomic mass is 9.82. The van der Waals surface area contributed by atoms with Gasteiger partial charge in [0.2, 0.25) is 5.91 Å². The molecule has 3 fully saturated rings. The Bertz CT molecular complexity index is 674. The molecule has 1 aromatic heterocycles. The number of carbonyl (C=O) groups is 2. The number of hydrogen-bond acceptors (Lipinski definition) is 5. The van der Waals surface area contributed by atoms with Crippen LogP contribution in [-0.2, 0) is 9.53 Å². The average molecular weight is 347 g/mol. The van der Waals surface area contributed by atoms with Crippen LogP contribution < -0.4 is 0 Å². The topological polar surface area (TPSA) is 75.9 Å². The Morgan fingerprint density at radius 2 is 2.08 bits per heavy atom. The van der Waals surface area contributed by atoms with Crippen LogP contribution in [0.2, 0.25) is 0 Å². The predicted octanol–water partition coefficient (Wildman–Crippen LogP) is 1.62. The van der Waals surface area contributed by atoms with Crippen molar-refractivity contribution >= 4 is 11.8 Å². The van der Waals surface area contributed by atoms with Gasteiger partial charge in [-0.25, -0.2) is 0 Å². The second-order valence-corrected chi connectivity index (χ2v) is 7.63. The van der Waals surface area contributed by atoms with Crippen LogP contribution in [0.5, 0.6) is 0 Å². The maximum Gasteiger partial charge on any atom is 0.276 e. The molecule has 3 heterocycles. The molecule has 1 atom stereocenters. The Labute approximate surface area is 147 Å². The minimum Gasteiger partial charge on any atom is -0.363 e. The van der Waals surface area contributed by atoms with E-state index < -0.39 is 0 Å². The first-order chi connectivity index (χ1) is 12.0. The third-order valence-corrected chi connectivity index (χ3v) is 5.93. The van der Waals surface area contributed by atoms with Gasteiger partial charge in [-0.2, -0.15) is 0 Å². The zero-order chi connectivity index (χ0) is 17.6. The van der Waals surface area contributed by atoms with Crippen LogP contribution in [0.4, 0.5) is 0 Å². The molecule has 2 amide bonds. The van der Waals surface area contributed by atoms with E-state index in [-0.39, 0.29) is 30.1 Å². The molecule has 0 aromatic carbocycles. The Morgan fingerprint density at radius 1 is 1.36 bits per heavy atom. The highest BCUT2D eigenvalue weighted by atomic mass is 16.5. The molecule has 7 heteroatoms. The van der Waals surface area contributed by atoms with E-state index in [2.05, 4.69) is 12.1 Å². The largest absolute Gasteiger partial charge is 0.363 e. The molecule has 0 N–H and O–H groups in total. The molecule has 0 radical (unpaired) electrons. The monoisotopic (exact) mass is 347 g/mol. The molecule has 1 spiro atoms. The van der Waals surface area contributed by atoms with Gasteiger partial charge in [-0.15, -0.1) is 0 Å². The standard InChI is InChI=1S/C18H25N3O4/c1-12-9-15(19-25-12)17(23)20-7-5-18(6-8-20)13(2)21(10-14-3-4-14)16(22)11-24-18/h9,13-14H,3-8,10-11H2,1-2H3/t13-/m1/s1. The molecule has 25 heavy (non-hydrogen) atoms. The summed E-state index contributed by atoms with van der Waals surface area (Å²) in [5, 5.41) is 3.82. The lowest BCUT2D eigenvalue weighted by molar-refractivity contribution is -0.185. The highest BCUT2D eigenvalue weighted by Gasteiger charge is 2.49. The normalized spacial score (nSPS) is 26.3. The summed E-state index contributed by atoms with van der Waals surface area (Å²) in [6, 6.07) is 1.73. The summed E-state index contributed by atoms with van der Waals surface area (Å²) < 4.78 is 11.0. The van der Waals surface area contributed by atoms with Crippen LogP contribution in [0.25, 0.3) is 0 Å². The molecule has 2 saturated heterocycles. The van der Waals surface area contributed by atoms with E-state index in [9.17, 15) is 9.59 Å². The van der Waals surface area contributed by atoms with Crippen molar-refractivity contribution in [1.82, 2.24) is 15.0 Å². The number of aryl methyl sites for hydroxylation is 1. The number of carbonyl (C=O) groups excluding carboxylic acids is 2. The molecular weight excluding hydrogens is 322 g/mol. The molecule has 3 aliphatic rings. The highest BCUT2D eigenvalue weighted by molar-refractivity contribution is 5.92. The van der Waals surface area contributed by atoms with E-state index in [1.165, 1.54) is 12.8 Å². The van der Waals surface area contributed by atoms with E-state index in [0.717, 1.165) is 19.4 Å². The highest BCUT2D eigenvalue weighted by Crippen LogP contribution is 2.38. The number of morpholine rings is 1. The van der Waals surface area contributed by atoms with Gasteiger partial charge >= 0.3 is 0 Å². The molecule has 0 bridgehead atoms. The van der Waals surface area contributed by atoms with E-state index in [1.807, 2.05) is 4.90 Å². The summed E-state index contributed by atoms with van der Waals surface area (Å²) in [6.45, 7) is 6.11. The third-order valence-electron chi connectivity index (χ3n) is 5.93. The van der Waals surface area contributed by atoms with Crippen LogP contribution in [0.1, 0.15) is 48.9 Å². The van der Waals surface area contributed by atoms with E-state index in [4.69, 9.17) is 9.26 Å². The molecule has 1 aliphatic carbocycles. The zero-order valence-corrected chi connectivity index (χ0v) is 14.9. The minimum absolute atomic E-state index is 0.0564. The van der Waals surface area contributed by atoms with Crippen molar-refractivity contribution in [2.45, 2.75) is 51.2 Å². The van der Waals surface area contributed by atoms with Crippen molar-refractivity contribution in [3.63, 3.8) is 0 Å². The Morgan fingerprint density at radius 3 is 2.68 bits per heavy atom. The molecule has 4 rings (SSSR count). The smallest absolute Gasteiger partial charge is 0.276 e. The van der Waals surface area contributed by atoms with Crippen LogP contribution in [0.3, 0.4) is 0 Å². The SMILES string of the molecule is Cc1cc(C(=O)N2CCC3(CC2)OCC(=O)N(CC2CC2)[C@@H]3C)no1. The van der Waals surface area contributed by atoms with Gasteiger partial charge in [0.05, 0.1) is 11.6 Å². The number of nitrogens with zero attached hydrogens (tertiary/aromatic N) is 3. The summed E-state index contributed by atoms with van der Waals surface area (Å²) in [5.74, 6) is 1.30. The maximum atomic E-state index is 12.5. The number of aromatic nitrogens is 1. The second kappa shape index (κ2) is 6.12. The first-order valence-corrected chi connectivity index (χ1v) is 9.14. The van der Waals surface area contributed by atoms with Crippen molar-refractivity contribution in [2.24, 2.45) is 5.92 Å². The zero-order valence-electron chi connectivity index (χ0n) is 14.9. The maximum absolute atomic E-state index is 12.5. The number of ether oxygens (including phenoxy) is 1. The lowest BCUT2D eigenvalue weighted by Gasteiger charge is -2.51. The second-order valence-electron chi connectivity index (χ2n) is 7.63. The first kappa shape index (κ1) is 16.6. The number of piperidine rings is 1. The van der Waals surface area contributed by atoms with Gasteiger partial charge in [-0.1, -0.05) is 5.16 Å². The van der Waals surface area contributed by atoms with Crippen molar-refractivity contribution < 1.29 is 18.8 Å². The van der Waals surface area contributed by atoms with Gasteiger partial charge in [-0.05, 0) is 45.4 Å². The number of hydrogen-bond donors (Lipinski definition) is 0. The molecule has 7 nitrogen and oxygen atoms in total. The van der Waals surface area contributed by atoms with Crippen molar-refractivity contribution in [1.29, 1.82) is 0 Å². The quantitative estimate of drug-likeness (QED) is 0.830. The van der Waals surface area contributed by atoms with Gasteiger partial charge < -0.3 is 19.1 Å². The number of likely N-dealkylation sites (tertiary alicyclic amines) is 1. The number of amides is 2. The van der Waals surface area contributed by atoms with Crippen LogP contribution >= 0.6 is 0 Å². The Balaban J connectivity index is 1.42. The molecule has 1 saturated carbocycles. The molecule has 0 unspecified atom stereocenters. The van der Waals surface area contributed by atoms with E-state index in [0.29, 0.717) is 30.5 Å². The van der Waals surface area contributed by atoms with E-state index in [1.54, 1.807) is 17.9 Å². The summed E-state index contributed by atoms with van der Waals surface area (Å²) in [4.78, 5) is 28.6. The van der Waals surface area contributed by atoms with Gasteiger partial charge in [0.25, 0.3) is 5.91 Å². The average Bonchev–Trinajstić information content (AvgIpc) is 3.34. The van der Waals surface area contributed by atoms with Crippen LogP contribution in [-0.4, -0.2) is 64.7 Å². The first-order valence-electron chi connectivity index (χ1n) is 9.14. The number of rotatable bonds is 3. The van der Waals surface area contributed by atoms with Gasteiger partial charge in [0.15, 0.2) is 5.69 Å². The summed E-state index contributed by atoms with van der Waals surface area (Å²) in [7, 11) is 0. The molecule has 136 valence electrons. The van der Waals surface area contributed by atoms with Crippen molar-refractivity contribution in [3.8, 4) is 0 Å². The fourth-order valence-electron chi connectivity index (χ4n) is 4.03. The van der Waals surface area contributed by atoms with Gasteiger partial charge in [0.1, 0.15) is 12.4 Å². The third kappa shape index (κ3) is 3.05.